The van der Waals surface area contributed by atoms with E-state index in [1.54, 1.807) is 6.92 Å². The molecule has 9 nitrogen and oxygen atoms in total. The van der Waals surface area contributed by atoms with Gasteiger partial charge in [-0.05, 0) is 37.1 Å². The van der Waals surface area contributed by atoms with E-state index in [0.717, 1.165) is 22.7 Å². The molecule has 3 N–H and O–H groups in total. The number of hydrogen-bond donors (Lipinski definition) is 2. The van der Waals surface area contributed by atoms with E-state index in [2.05, 4.69) is 15.5 Å². The van der Waals surface area contributed by atoms with Crippen molar-refractivity contribution in [3.05, 3.63) is 56.7 Å². The number of aromatic nitrogens is 3. The summed E-state index contributed by atoms with van der Waals surface area (Å²) in [6, 6.07) is 7.50. The molecule has 0 saturated carbocycles. The van der Waals surface area contributed by atoms with Gasteiger partial charge in [0.05, 0.1) is 23.3 Å². The SMILES string of the molecule is CCn1c(Cc2ccc(Cl)cc2)nnc1SCC(=O)Nc1sc(C(N)=O)c(C)c1C(=O)OC. The molecule has 0 aliphatic heterocycles. The van der Waals surface area contributed by atoms with E-state index in [9.17, 15) is 14.4 Å². The Bertz CT molecular complexity index is 1190. The summed E-state index contributed by atoms with van der Waals surface area (Å²) < 4.78 is 6.72. The highest BCUT2D eigenvalue weighted by atomic mass is 35.5. The highest BCUT2D eigenvalue weighted by Crippen LogP contribution is 2.33. The first-order valence-corrected chi connectivity index (χ1v) is 12.0. The number of carbonyl (C=O) groups is 3. The van der Waals surface area contributed by atoms with Gasteiger partial charge in [0, 0.05) is 18.0 Å². The number of ether oxygens (including phenoxy) is 1. The van der Waals surface area contributed by atoms with E-state index in [1.165, 1.54) is 18.9 Å². The van der Waals surface area contributed by atoms with Crippen LogP contribution in [0.15, 0.2) is 29.4 Å². The Labute approximate surface area is 203 Å². The van der Waals surface area contributed by atoms with Gasteiger partial charge >= 0.3 is 5.97 Å². The monoisotopic (exact) mass is 507 g/mol. The largest absolute Gasteiger partial charge is 0.465 e. The van der Waals surface area contributed by atoms with Gasteiger partial charge in [0.25, 0.3) is 5.91 Å². The molecule has 3 rings (SSSR count). The summed E-state index contributed by atoms with van der Waals surface area (Å²) in [4.78, 5) is 36.6. The van der Waals surface area contributed by atoms with Gasteiger partial charge in [0.1, 0.15) is 10.8 Å². The van der Waals surface area contributed by atoms with Crippen LogP contribution >= 0.6 is 34.7 Å². The first-order chi connectivity index (χ1) is 15.7. The molecule has 0 saturated heterocycles. The van der Waals surface area contributed by atoms with Crippen LogP contribution in [0.1, 0.15) is 43.9 Å². The molecule has 0 unspecified atom stereocenters. The van der Waals surface area contributed by atoms with Gasteiger partial charge in [-0.25, -0.2) is 4.79 Å². The molecule has 0 spiro atoms. The molecule has 0 radical (unpaired) electrons. The Morgan fingerprint density at radius 3 is 2.55 bits per heavy atom. The quantitative estimate of drug-likeness (QED) is 0.334. The summed E-state index contributed by atoms with van der Waals surface area (Å²) >= 11 is 8.11. The number of amides is 2. The van der Waals surface area contributed by atoms with Gasteiger partial charge in [-0.2, -0.15) is 0 Å². The minimum Gasteiger partial charge on any atom is -0.465 e. The van der Waals surface area contributed by atoms with E-state index in [0.29, 0.717) is 28.7 Å². The summed E-state index contributed by atoms with van der Waals surface area (Å²) in [6.45, 7) is 4.19. The Morgan fingerprint density at radius 1 is 1.24 bits per heavy atom. The lowest BCUT2D eigenvalue weighted by Crippen LogP contribution is -2.16. The number of thioether (sulfide) groups is 1. The van der Waals surface area contributed by atoms with Crippen LogP contribution in [0.5, 0.6) is 0 Å². The van der Waals surface area contributed by atoms with Crippen LogP contribution in [0, 0.1) is 6.92 Å². The third-order valence-corrected chi connectivity index (χ3v) is 7.17. The molecule has 2 aromatic heterocycles. The van der Waals surface area contributed by atoms with Crippen LogP contribution in [0.25, 0.3) is 0 Å². The maximum absolute atomic E-state index is 12.6. The number of methoxy groups -OCH3 is 1. The van der Waals surface area contributed by atoms with Gasteiger partial charge in [-0.1, -0.05) is 35.5 Å². The smallest absolute Gasteiger partial charge is 0.341 e. The lowest BCUT2D eigenvalue weighted by molar-refractivity contribution is -0.113. The van der Waals surface area contributed by atoms with Crippen molar-refractivity contribution in [3.63, 3.8) is 0 Å². The summed E-state index contributed by atoms with van der Waals surface area (Å²) in [6.07, 6.45) is 0.581. The number of halogens is 1. The van der Waals surface area contributed by atoms with Crippen LogP contribution in [-0.2, 0) is 22.5 Å². The van der Waals surface area contributed by atoms with Crippen molar-refractivity contribution in [2.75, 3.05) is 18.2 Å². The average molecular weight is 508 g/mol. The molecule has 33 heavy (non-hydrogen) atoms. The normalized spacial score (nSPS) is 10.8. The van der Waals surface area contributed by atoms with Crippen LogP contribution in [0.3, 0.4) is 0 Å². The fourth-order valence-electron chi connectivity index (χ4n) is 3.14. The second kappa shape index (κ2) is 10.8. The molecule has 0 atom stereocenters. The van der Waals surface area contributed by atoms with E-state index in [1.807, 2.05) is 35.8 Å². The average Bonchev–Trinajstić information content (AvgIpc) is 3.33. The number of hydrogen-bond acceptors (Lipinski definition) is 8. The highest BCUT2D eigenvalue weighted by molar-refractivity contribution is 7.99. The van der Waals surface area contributed by atoms with Gasteiger partial charge in [0.2, 0.25) is 5.91 Å². The lowest BCUT2D eigenvalue weighted by atomic mass is 10.1. The molecule has 0 fully saturated rings. The van der Waals surface area contributed by atoms with Crippen molar-refractivity contribution in [1.29, 1.82) is 0 Å². The molecule has 2 heterocycles. The minimum atomic E-state index is -0.679. The van der Waals surface area contributed by atoms with Crippen LogP contribution in [-0.4, -0.2) is 45.4 Å². The zero-order valence-electron chi connectivity index (χ0n) is 18.2. The zero-order valence-corrected chi connectivity index (χ0v) is 20.6. The minimum absolute atomic E-state index is 0.0303. The molecule has 174 valence electrons. The first kappa shape index (κ1) is 24.7. The van der Waals surface area contributed by atoms with E-state index in [-0.39, 0.29) is 27.1 Å². The number of carbonyl (C=O) groups excluding carboxylic acids is 3. The molecule has 12 heteroatoms. The summed E-state index contributed by atoms with van der Waals surface area (Å²) in [7, 11) is 1.23. The van der Waals surface area contributed by atoms with Crippen molar-refractivity contribution in [3.8, 4) is 0 Å². The number of rotatable bonds is 9. The van der Waals surface area contributed by atoms with E-state index in [4.69, 9.17) is 22.1 Å². The number of nitrogens with two attached hydrogens (primary N) is 1. The number of benzene rings is 1. The Balaban J connectivity index is 1.71. The van der Waals surface area contributed by atoms with Gasteiger partial charge in [-0.3, -0.25) is 9.59 Å². The fraction of sp³-hybridized carbons (Fsp3) is 0.286. The standard InChI is InChI=1S/C21H22ClN5O4S2/c1-4-27-14(9-12-5-7-13(22)8-6-12)25-26-21(27)32-10-15(28)24-19-16(20(30)31-3)11(2)17(33-19)18(23)29/h5-8H,4,9-10H2,1-3H3,(H2,23,29)(H,24,28). The van der Waals surface area contributed by atoms with Crippen molar-refractivity contribution in [2.24, 2.45) is 5.73 Å². The lowest BCUT2D eigenvalue weighted by Gasteiger charge is -2.08. The number of nitrogens with one attached hydrogen (secondary N) is 1. The van der Waals surface area contributed by atoms with Crippen LogP contribution in [0.2, 0.25) is 5.02 Å². The summed E-state index contributed by atoms with van der Waals surface area (Å²) in [5, 5.41) is 12.7. The second-order valence-electron chi connectivity index (χ2n) is 6.90. The molecule has 3 aromatic rings. The maximum atomic E-state index is 12.6. The number of thiophene rings is 1. The topological polar surface area (TPSA) is 129 Å². The van der Waals surface area contributed by atoms with Gasteiger partial charge in [0.15, 0.2) is 5.16 Å². The third kappa shape index (κ3) is 5.73. The molecule has 0 aliphatic rings. The van der Waals surface area contributed by atoms with E-state index < -0.39 is 11.9 Å². The highest BCUT2D eigenvalue weighted by Gasteiger charge is 2.25. The number of anilines is 1. The third-order valence-electron chi connectivity index (χ3n) is 4.73. The second-order valence-corrected chi connectivity index (χ2v) is 9.30. The Kier molecular flexibility index (Phi) is 8.11. The Hall–Kier alpha value is -2.89. The van der Waals surface area contributed by atoms with Crippen molar-refractivity contribution in [1.82, 2.24) is 14.8 Å². The number of esters is 1. The predicted octanol–water partition coefficient (Wildman–Crippen LogP) is 3.53. The van der Waals surface area contributed by atoms with Gasteiger partial charge in [-0.15, -0.1) is 21.5 Å². The van der Waals surface area contributed by atoms with Gasteiger partial charge < -0.3 is 20.4 Å². The van der Waals surface area contributed by atoms with Crippen LogP contribution in [0.4, 0.5) is 5.00 Å². The zero-order chi connectivity index (χ0) is 24.1. The molecular formula is C21H22ClN5O4S2. The molecule has 0 bridgehead atoms. The number of nitrogens with zero attached hydrogens (tertiary/aromatic N) is 3. The summed E-state index contributed by atoms with van der Waals surface area (Å²) in [5.74, 6) is -0.899. The first-order valence-electron chi connectivity index (χ1n) is 9.85. The molecular weight excluding hydrogens is 486 g/mol. The van der Waals surface area contributed by atoms with Crippen LogP contribution < -0.4 is 11.1 Å². The molecule has 0 aliphatic carbocycles. The van der Waals surface area contributed by atoms with Crippen molar-refractivity contribution < 1.29 is 19.1 Å². The summed E-state index contributed by atoms with van der Waals surface area (Å²) in [5.41, 5.74) is 6.92. The fourth-order valence-corrected chi connectivity index (χ4v) is 5.15. The number of primary amides is 1. The van der Waals surface area contributed by atoms with E-state index >= 15 is 0 Å². The molecule has 2 amide bonds. The Morgan fingerprint density at radius 2 is 1.94 bits per heavy atom. The maximum Gasteiger partial charge on any atom is 0.341 e. The van der Waals surface area contributed by atoms with Crippen molar-refractivity contribution >= 4 is 57.5 Å². The predicted molar refractivity (Wildman–Crippen MR) is 128 cm³/mol. The van der Waals surface area contributed by atoms with Crippen molar-refractivity contribution in [2.45, 2.75) is 32.0 Å². The molecule has 1 aromatic carbocycles.